The predicted molar refractivity (Wildman–Crippen MR) is 48.6 cm³/mol. The van der Waals surface area contributed by atoms with Gasteiger partial charge < -0.3 is 5.73 Å². The number of benzene rings is 1. The highest BCUT2D eigenvalue weighted by molar-refractivity contribution is 7.79. The van der Waals surface area contributed by atoms with Gasteiger partial charge in [0.1, 0.15) is 0 Å². The van der Waals surface area contributed by atoms with Gasteiger partial charge in [-0.15, -0.1) is 0 Å². The van der Waals surface area contributed by atoms with Crippen LogP contribution in [0.2, 0.25) is 5.02 Å². The van der Waals surface area contributed by atoms with Crippen LogP contribution in [0.25, 0.3) is 0 Å². The fourth-order valence-corrected chi connectivity index (χ4v) is 1.19. The van der Waals surface area contributed by atoms with Gasteiger partial charge in [0.15, 0.2) is 0 Å². The second kappa shape index (κ2) is 3.17. The molecule has 2 N–H and O–H groups in total. The lowest BCUT2D eigenvalue weighted by molar-refractivity contribution is 1.43. The zero-order chi connectivity index (χ0) is 7.56. The topological polar surface area (TPSA) is 26.0 Å². The Bertz CT molecular complexity index is 237. The molecule has 0 aromatic heterocycles. The minimum absolute atomic E-state index is 0.603. The summed E-state index contributed by atoms with van der Waals surface area (Å²) in [5.41, 5.74) is 7.23. The van der Waals surface area contributed by atoms with Gasteiger partial charge in [-0.3, -0.25) is 0 Å². The minimum atomic E-state index is 0.603. The molecule has 10 heavy (non-hydrogen) atoms. The third-order valence-corrected chi connectivity index (χ3v) is 1.98. The Morgan fingerprint density at radius 2 is 2.20 bits per heavy atom. The van der Waals surface area contributed by atoms with E-state index in [1.165, 1.54) is 0 Å². The quantitative estimate of drug-likeness (QED) is 0.495. The average molecular weight is 174 g/mol. The van der Waals surface area contributed by atoms with Gasteiger partial charge in [-0.05, 0) is 11.6 Å². The number of hydrogen-bond donors (Lipinski definition) is 2. The Morgan fingerprint density at radius 1 is 1.50 bits per heavy atom. The van der Waals surface area contributed by atoms with Crippen molar-refractivity contribution >= 4 is 29.9 Å². The molecule has 0 unspecified atom stereocenters. The number of halogens is 1. The van der Waals surface area contributed by atoms with Crippen molar-refractivity contribution < 1.29 is 0 Å². The molecule has 0 spiro atoms. The van der Waals surface area contributed by atoms with Crippen molar-refractivity contribution in [3.63, 3.8) is 0 Å². The van der Waals surface area contributed by atoms with Crippen LogP contribution in [0.15, 0.2) is 18.2 Å². The molecular formula is C7H8ClNS. The standard InChI is InChI=1S/C7H8ClNS/c8-6-3-1-2-5(4-10)7(6)9/h1-3,10H,4,9H2. The van der Waals surface area contributed by atoms with Gasteiger partial charge in [0.2, 0.25) is 0 Å². The first-order valence-electron chi connectivity index (χ1n) is 2.89. The molecule has 0 heterocycles. The largest absolute Gasteiger partial charge is 0.397 e. The van der Waals surface area contributed by atoms with Crippen LogP contribution in [0.3, 0.4) is 0 Å². The summed E-state index contributed by atoms with van der Waals surface area (Å²) in [7, 11) is 0. The summed E-state index contributed by atoms with van der Waals surface area (Å²) in [6.07, 6.45) is 0. The molecule has 0 aliphatic rings. The molecule has 1 nitrogen and oxygen atoms in total. The van der Waals surface area contributed by atoms with E-state index in [0.29, 0.717) is 16.5 Å². The van der Waals surface area contributed by atoms with E-state index in [-0.39, 0.29) is 0 Å². The van der Waals surface area contributed by atoms with Gasteiger partial charge in [0.25, 0.3) is 0 Å². The van der Waals surface area contributed by atoms with Crippen molar-refractivity contribution in [1.29, 1.82) is 0 Å². The third kappa shape index (κ3) is 1.39. The maximum atomic E-state index is 5.73. The summed E-state index contributed by atoms with van der Waals surface area (Å²) in [5.74, 6) is 0.631. The van der Waals surface area contributed by atoms with Crippen molar-refractivity contribution in [3.8, 4) is 0 Å². The minimum Gasteiger partial charge on any atom is -0.397 e. The molecule has 1 aromatic rings. The maximum absolute atomic E-state index is 5.73. The predicted octanol–water partition coefficient (Wildman–Crippen LogP) is 2.35. The molecular weight excluding hydrogens is 166 g/mol. The molecule has 0 atom stereocenters. The molecule has 54 valence electrons. The molecule has 0 saturated carbocycles. The van der Waals surface area contributed by atoms with Gasteiger partial charge >= 0.3 is 0 Å². The molecule has 0 saturated heterocycles. The lowest BCUT2D eigenvalue weighted by Crippen LogP contribution is -1.91. The van der Waals surface area contributed by atoms with E-state index in [1.807, 2.05) is 12.1 Å². The molecule has 0 aliphatic carbocycles. The van der Waals surface area contributed by atoms with Crippen LogP contribution in [0.5, 0.6) is 0 Å². The van der Waals surface area contributed by atoms with Crippen LogP contribution in [-0.4, -0.2) is 0 Å². The van der Waals surface area contributed by atoms with Crippen molar-refractivity contribution in [2.24, 2.45) is 0 Å². The van der Waals surface area contributed by atoms with E-state index < -0.39 is 0 Å². The van der Waals surface area contributed by atoms with Crippen molar-refractivity contribution in [2.45, 2.75) is 5.75 Å². The second-order valence-corrected chi connectivity index (χ2v) is 2.69. The molecule has 1 aromatic carbocycles. The van der Waals surface area contributed by atoms with Crippen LogP contribution in [-0.2, 0) is 5.75 Å². The highest BCUT2D eigenvalue weighted by Gasteiger charge is 1.98. The smallest absolute Gasteiger partial charge is 0.0638 e. The Balaban J connectivity index is 3.14. The molecule has 0 fully saturated rings. The Labute approximate surface area is 70.6 Å². The highest BCUT2D eigenvalue weighted by Crippen LogP contribution is 2.22. The number of para-hydroxylation sites is 1. The van der Waals surface area contributed by atoms with Crippen LogP contribution >= 0.6 is 24.2 Å². The molecule has 0 bridgehead atoms. The summed E-state index contributed by atoms with van der Waals surface area (Å²) >= 11 is 9.82. The lowest BCUT2D eigenvalue weighted by atomic mass is 10.2. The van der Waals surface area contributed by atoms with Gasteiger partial charge in [0.05, 0.1) is 10.7 Å². The first-order valence-corrected chi connectivity index (χ1v) is 3.90. The number of anilines is 1. The SMILES string of the molecule is Nc1c(Cl)cccc1CS. The van der Waals surface area contributed by atoms with E-state index in [2.05, 4.69) is 12.6 Å². The third-order valence-electron chi connectivity index (χ3n) is 1.31. The van der Waals surface area contributed by atoms with E-state index in [0.717, 1.165) is 5.56 Å². The Hall–Kier alpha value is -0.340. The number of hydrogen-bond acceptors (Lipinski definition) is 2. The van der Waals surface area contributed by atoms with Gasteiger partial charge in [-0.25, -0.2) is 0 Å². The molecule has 1 rings (SSSR count). The molecule has 0 radical (unpaired) electrons. The van der Waals surface area contributed by atoms with Gasteiger partial charge in [-0.2, -0.15) is 12.6 Å². The van der Waals surface area contributed by atoms with Gasteiger partial charge in [0, 0.05) is 5.75 Å². The van der Waals surface area contributed by atoms with Crippen molar-refractivity contribution in [3.05, 3.63) is 28.8 Å². The summed E-state index contributed by atoms with van der Waals surface area (Å²) in [6, 6.07) is 5.54. The van der Waals surface area contributed by atoms with Gasteiger partial charge in [-0.1, -0.05) is 23.7 Å². The number of nitrogens with two attached hydrogens (primary N) is 1. The van der Waals surface area contributed by atoms with Crippen LogP contribution < -0.4 is 5.73 Å². The second-order valence-electron chi connectivity index (χ2n) is 1.97. The Morgan fingerprint density at radius 3 is 2.70 bits per heavy atom. The van der Waals surface area contributed by atoms with E-state index in [1.54, 1.807) is 6.07 Å². The van der Waals surface area contributed by atoms with Crippen LogP contribution in [0.1, 0.15) is 5.56 Å². The molecule has 0 amide bonds. The average Bonchev–Trinajstić information content (AvgIpc) is 1.95. The van der Waals surface area contributed by atoms with E-state index in [4.69, 9.17) is 17.3 Å². The zero-order valence-corrected chi connectivity index (χ0v) is 6.99. The van der Waals surface area contributed by atoms with E-state index >= 15 is 0 Å². The summed E-state index contributed by atoms with van der Waals surface area (Å²) < 4.78 is 0. The summed E-state index contributed by atoms with van der Waals surface area (Å²) in [6.45, 7) is 0. The molecule has 0 aliphatic heterocycles. The number of thiol groups is 1. The zero-order valence-electron chi connectivity index (χ0n) is 5.34. The fraction of sp³-hybridized carbons (Fsp3) is 0.143. The highest BCUT2D eigenvalue weighted by atomic mass is 35.5. The normalized spacial score (nSPS) is 9.80. The van der Waals surface area contributed by atoms with E-state index in [9.17, 15) is 0 Å². The van der Waals surface area contributed by atoms with Crippen LogP contribution in [0, 0.1) is 0 Å². The maximum Gasteiger partial charge on any atom is 0.0638 e. The first kappa shape index (κ1) is 7.76. The number of rotatable bonds is 1. The molecule has 3 heteroatoms. The van der Waals surface area contributed by atoms with Crippen LogP contribution in [0.4, 0.5) is 5.69 Å². The monoisotopic (exact) mass is 173 g/mol. The summed E-state index contributed by atoms with van der Waals surface area (Å²) in [4.78, 5) is 0. The Kier molecular flexibility index (Phi) is 2.46. The number of nitrogen functional groups attached to an aromatic ring is 1. The first-order chi connectivity index (χ1) is 4.75. The lowest BCUT2D eigenvalue weighted by Gasteiger charge is -2.02. The fourth-order valence-electron chi connectivity index (χ4n) is 0.720. The van der Waals surface area contributed by atoms with Crippen molar-refractivity contribution in [1.82, 2.24) is 0 Å². The van der Waals surface area contributed by atoms with Crippen molar-refractivity contribution in [2.75, 3.05) is 5.73 Å². The summed E-state index contributed by atoms with van der Waals surface area (Å²) in [5, 5.41) is 0.603.